The van der Waals surface area contributed by atoms with Gasteiger partial charge in [-0.15, -0.1) is 0 Å². The predicted molar refractivity (Wildman–Crippen MR) is 141 cm³/mol. The van der Waals surface area contributed by atoms with Crippen LogP contribution in [0.4, 0.5) is 4.39 Å². The van der Waals surface area contributed by atoms with E-state index in [2.05, 4.69) is 26.2 Å². The lowest BCUT2D eigenvalue weighted by atomic mass is 9.92. The summed E-state index contributed by atoms with van der Waals surface area (Å²) in [6.07, 6.45) is 12.7. The summed E-state index contributed by atoms with van der Waals surface area (Å²) in [5, 5.41) is 17.8. The van der Waals surface area contributed by atoms with E-state index in [1.807, 2.05) is 19.2 Å². The van der Waals surface area contributed by atoms with Crippen molar-refractivity contribution >= 4 is 16.5 Å². The molecule has 6 rings (SSSR count). The molecule has 1 fully saturated rings. The quantitative estimate of drug-likeness (QED) is 0.303. The van der Waals surface area contributed by atoms with Crippen LogP contribution in [0.1, 0.15) is 56.7 Å². The fourth-order valence-corrected chi connectivity index (χ4v) is 5.88. The molecule has 0 radical (unpaired) electrons. The molecule has 0 saturated heterocycles. The number of aryl methyl sites for hydroxylation is 1. The third kappa shape index (κ3) is 4.11. The van der Waals surface area contributed by atoms with Crippen molar-refractivity contribution in [1.29, 1.82) is 0 Å². The first-order valence-corrected chi connectivity index (χ1v) is 13.1. The van der Waals surface area contributed by atoms with Gasteiger partial charge in [0.05, 0.1) is 5.69 Å². The number of hydrogen-bond donors (Lipinski definition) is 3. The number of H-pyrrole nitrogens is 2. The number of aromatic nitrogens is 4. The first-order valence-electron chi connectivity index (χ1n) is 13.1. The topological polar surface area (TPSA) is 80.8 Å². The fourth-order valence-electron chi connectivity index (χ4n) is 5.88. The van der Waals surface area contributed by atoms with Crippen molar-refractivity contribution < 1.29 is 9.50 Å². The second-order valence-electron chi connectivity index (χ2n) is 10.0. The molecule has 7 heteroatoms. The van der Waals surface area contributed by atoms with Crippen LogP contribution in [-0.2, 0) is 6.42 Å². The number of phenols is 1. The number of hydrogen-bond acceptors (Lipinski definition) is 4. The van der Waals surface area contributed by atoms with Gasteiger partial charge in [0.2, 0.25) is 0 Å². The van der Waals surface area contributed by atoms with E-state index in [1.165, 1.54) is 37.7 Å². The molecule has 3 N–H and O–H groups in total. The summed E-state index contributed by atoms with van der Waals surface area (Å²) in [5.74, 6) is 0.471. The summed E-state index contributed by atoms with van der Waals surface area (Å²) in [6, 6.07) is 9.46. The molecule has 186 valence electrons. The number of nitrogens with zero attached hydrogens (tertiary/aromatic N) is 3. The molecule has 1 aliphatic heterocycles. The summed E-state index contributed by atoms with van der Waals surface area (Å²) in [4.78, 5) is 10.7. The van der Waals surface area contributed by atoms with Crippen LogP contribution >= 0.6 is 0 Å². The van der Waals surface area contributed by atoms with Crippen molar-refractivity contribution in [3.8, 4) is 28.4 Å². The number of aromatic hydroxyl groups is 1. The van der Waals surface area contributed by atoms with Crippen LogP contribution in [0, 0.1) is 5.82 Å². The first kappa shape index (κ1) is 23.0. The van der Waals surface area contributed by atoms with Gasteiger partial charge in [-0.1, -0.05) is 44.4 Å². The minimum Gasteiger partial charge on any atom is -0.508 e. The highest BCUT2D eigenvalue weighted by molar-refractivity contribution is 5.94. The van der Waals surface area contributed by atoms with Gasteiger partial charge in [0, 0.05) is 36.3 Å². The van der Waals surface area contributed by atoms with E-state index in [0.717, 1.165) is 42.4 Å². The average Bonchev–Trinajstić information content (AvgIpc) is 3.58. The maximum atomic E-state index is 15.6. The van der Waals surface area contributed by atoms with Crippen molar-refractivity contribution in [2.24, 2.45) is 0 Å². The molecule has 0 bridgehead atoms. The Morgan fingerprint density at radius 3 is 2.72 bits per heavy atom. The summed E-state index contributed by atoms with van der Waals surface area (Å²) < 4.78 is 15.6. The Morgan fingerprint density at radius 2 is 1.94 bits per heavy atom. The second-order valence-corrected chi connectivity index (χ2v) is 10.0. The van der Waals surface area contributed by atoms with Gasteiger partial charge in [-0.25, -0.2) is 9.37 Å². The monoisotopic (exact) mass is 485 g/mol. The molecule has 3 heterocycles. The normalized spacial score (nSPS) is 17.6. The summed E-state index contributed by atoms with van der Waals surface area (Å²) in [6.45, 7) is 4.06. The lowest BCUT2D eigenvalue weighted by Gasteiger charge is -2.36. The van der Waals surface area contributed by atoms with Crippen LogP contribution in [0.3, 0.4) is 0 Å². The molecule has 0 amide bonds. The highest BCUT2D eigenvalue weighted by Crippen LogP contribution is 2.35. The smallest absolute Gasteiger partial charge is 0.159 e. The van der Waals surface area contributed by atoms with Crippen LogP contribution in [0.5, 0.6) is 5.75 Å². The first-order chi connectivity index (χ1) is 17.6. The van der Waals surface area contributed by atoms with Crippen LogP contribution in [-0.4, -0.2) is 49.3 Å². The zero-order chi connectivity index (χ0) is 24.6. The minimum atomic E-state index is -0.351. The van der Waals surface area contributed by atoms with Crippen LogP contribution in [0.25, 0.3) is 39.1 Å². The summed E-state index contributed by atoms with van der Waals surface area (Å²) >= 11 is 0. The summed E-state index contributed by atoms with van der Waals surface area (Å²) in [5.41, 5.74) is 5.34. The van der Waals surface area contributed by atoms with E-state index >= 15 is 4.39 Å². The average molecular weight is 486 g/mol. The van der Waals surface area contributed by atoms with Crippen molar-refractivity contribution in [3.63, 3.8) is 0 Å². The van der Waals surface area contributed by atoms with E-state index in [-0.39, 0.29) is 11.6 Å². The van der Waals surface area contributed by atoms with E-state index < -0.39 is 0 Å². The number of rotatable bonds is 5. The molecule has 2 aromatic heterocycles. The molecule has 1 saturated carbocycles. The van der Waals surface area contributed by atoms with E-state index in [0.29, 0.717) is 34.4 Å². The molecule has 1 aliphatic carbocycles. The van der Waals surface area contributed by atoms with Crippen LogP contribution in [0.2, 0.25) is 0 Å². The maximum absolute atomic E-state index is 15.6. The maximum Gasteiger partial charge on any atom is 0.159 e. The van der Waals surface area contributed by atoms with Crippen LogP contribution < -0.4 is 0 Å². The van der Waals surface area contributed by atoms with Crippen LogP contribution in [0.15, 0.2) is 42.6 Å². The lowest BCUT2D eigenvalue weighted by molar-refractivity contribution is 0.171. The van der Waals surface area contributed by atoms with Gasteiger partial charge in [-0.05, 0) is 60.6 Å². The Labute approximate surface area is 210 Å². The molecule has 6 nitrogen and oxygen atoms in total. The number of benzene rings is 2. The van der Waals surface area contributed by atoms with Gasteiger partial charge < -0.3 is 10.1 Å². The Morgan fingerprint density at radius 1 is 1.11 bits per heavy atom. The summed E-state index contributed by atoms with van der Waals surface area (Å²) in [7, 11) is 0. The molecule has 2 aromatic carbocycles. The van der Waals surface area contributed by atoms with Crippen molar-refractivity contribution in [2.45, 2.75) is 57.9 Å². The zero-order valence-electron chi connectivity index (χ0n) is 20.6. The molecular formula is C29H32FN5O. The lowest BCUT2D eigenvalue weighted by Crippen LogP contribution is -2.39. The molecule has 36 heavy (non-hydrogen) atoms. The standard InChI is InChI=1S/C29H32FN5O/c1-2-18-16-21(36)8-9-22(18)23-10-11-24-27(26(23)30)33-34-28(24)29-31-17-25(32-29)19-12-14-35(15-13-19)20-6-4-3-5-7-20/h8-12,16-17,20,36H,2-7,13-15H2,1H3,(H,31,32)(H,33,34). The number of phenolic OH excluding ortho intramolecular Hbond substituents is 1. The zero-order valence-corrected chi connectivity index (χ0v) is 20.6. The molecular weight excluding hydrogens is 453 g/mol. The molecule has 0 spiro atoms. The van der Waals surface area contributed by atoms with Gasteiger partial charge in [-0.2, -0.15) is 5.10 Å². The number of nitrogens with one attached hydrogen (secondary N) is 2. The fraction of sp³-hybridized carbons (Fsp3) is 0.379. The predicted octanol–water partition coefficient (Wildman–Crippen LogP) is 6.45. The molecule has 4 aromatic rings. The van der Waals surface area contributed by atoms with Gasteiger partial charge in [0.15, 0.2) is 11.6 Å². The largest absolute Gasteiger partial charge is 0.508 e. The Bertz CT molecular complexity index is 1430. The molecule has 0 atom stereocenters. The Kier molecular flexibility index (Phi) is 6.09. The van der Waals surface area contributed by atoms with E-state index in [1.54, 1.807) is 24.3 Å². The van der Waals surface area contributed by atoms with Crippen molar-refractivity contribution in [2.75, 3.05) is 13.1 Å². The van der Waals surface area contributed by atoms with Gasteiger partial charge in [-0.3, -0.25) is 10.00 Å². The van der Waals surface area contributed by atoms with E-state index in [9.17, 15) is 5.11 Å². The number of aromatic amines is 2. The van der Waals surface area contributed by atoms with E-state index in [4.69, 9.17) is 4.98 Å². The molecule has 0 unspecified atom stereocenters. The highest BCUT2D eigenvalue weighted by atomic mass is 19.1. The van der Waals surface area contributed by atoms with Gasteiger partial charge in [0.25, 0.3) is 0 Å². The van der Waals surface area contributed by atoms with Gasteiger partial charge >= 0.3 is 0 Å². The third-order valence-electron chi connectivity index (χ3n) is 7.90. The second kappa shape index (κ2) is 9.54. The van der Waals surface area contributed by atoms with Gasteiger partial charge in [0.1, 0.15) is 17.0 Å². The van der Waals surface area contributed by atoms with Crippen molar-refractivity contribution in [3.05, 3.63) is 59.7 Å². The number of imidazole rings is 1. The number of halogens is 1. The highest BCUT2D eigenvalue weighted by Gasteiger charge is 2.24. The molecule has 2 aliphatic rings. The SMILES string of the molecule is CCc1cc(O)ccc1-c1ccc2c(-c3nc(C4=CCN(C5CCCCC5)CC4)c[nH]3)n[nH]c2c1F. The minimum absolute atomic E-state index is 0.185. The van der Waals surface area contributed by atoms with Crippen molar-refractivity contribution in [1.82, 2.24) is 25.1 Å². The Hall–Kier alpha value is -3.45. The number of fused-ring (bicyclic) bond motifs is 1. The Balaban J connectivity index is 1.27. The third-order valence-corrected chi connectivity index (χ3v) is 7.90.